The molecule has 0 saturated heterocycles. The van der Waals surface area contributed by atoms with E-state index in [2.05, 4.69) is 9.69 Å². The number of halogens is 2. The Kier molecular flexibility index (Phi) is 3.75. The maximum atomic E-state index is 12.0. The van der Waals surface area contributed by atoms with Gasteiger partial charge in [-0.3, -0.25) is 4.79 Å². The Morgan fingerprint density at radius 3 is 2.67 bits per heavy atom. The molecule has 0 aliphatic rings. The molecule has 0 unspecified atom stereocenters. The van der Waals surface area contributed by atoms with E-state index in [1.54, 1.807) is 25.1 Å². The standard InChI is InChI=1S/C11H9Cl2N3OS/c1-5-9(10(14)18-16-5)11(17)15-6-2-3-7(12)8(13)4-6/h2-4H,14H2,1H3,(H,15,17). The fourth-order valence-electron chi connectivity index (χ4n) is 1.43. The van der Waals surface area contributed by atoms with Crippen molar-refractivity contribution in [1.29, 1.82) is 0 Å². The van der Waals surface area contributed by atoms with E-state index >= 15 is 0 Å². The first-order valence-corrected chi connectivity index (χ1v) is 6.50. The Morgan fingerprint density at radius 2 is 2.11 bits per heavy atom. The minimum absolute atomic E-state index is 0.308. The van der Waals surface area contributed by atoms with E-state index in [4.69, 9.17) is 28.9 Å². The monoisotopic (exact) mass is 301 g/mol. The number of nitrogens with two attached hydrogens (primary N) is 1. The summed E-state index contributed by atoms with van der Waals surface area (Å²) < 4.78 is 4.02. The van der Waals surface area contributed by atoms with Crippen molar-refractivity contribution in [1.82, 2.24) is 4.37 Å². The number of nitrogens with one attached hydrogen (secondary N) is 1. The summed E-state index contributed by atoms with van der Waals surface area (Å²) in [7, 11) is 0. The number of amides is 1. The number of hydrogen-bond donors (Lipinski definition) is 2. The number of nitrogens with zero attached hydrogens (tertiary/aromatic N) is 1. The van der Waals surface area contributed by atoms with E-state index in [1.165, 1.54) is 0 Å². The third-order valence-electron chi connectivity index (χ3n) is 2.29. The molecule has 1 aromatic heterocycles. The lowest BCUT2D eigenvalue weighted by Gasteiger charge is -2.06. The number of aromatic nitrogens is 1. The van der Waals surface area contributed by atoms with Crippen LogP contribution in [0.4, 0.5) is 10.7 Å². The van der Waals surface area contributed by atoms with E-state index in [-0.39, 0.29) is 5.91 Å². The number of anilines is 2. The molecule has 4 nitrogen and oxygen atoms in total. The Labute approximate surface area is 118 Å². The molecule has 1 heterocycles. The summed E-state index contributed by atoms with van der Waals surface area (Å²) in [5.41, 5.74) is 7.25. The summed E-state index contributed by atoms with van der Waals surface area (Å²) >= 11 is 12.8. The van der Waals surface area contributed by atoms with Crippen molar-refractivity contribution in [2.45, 2.75) is 6.92 Å². The molecule has 2 rings (SSSR count). The number of carbonyl (C=O) groups excluding carboxylic acids is 1. The van der Waals surface area contributed by atoms with Crippen molar-refractivity contribution in [3.05, 3.63) is 39.5 Å². The van der Waals surface area contributed by atoms with E-state index in [0.29, 0.717) is 32.0 Å². The van der Waals surface area contributed by atoms with Crippen LogP contribution in [0.5, 0.6) is 0 Å². The molecule has 0 aliphatic heterocycles. The molecule has 3 N–H and O–H groups in total. The van der Waals surface area contributed by atoms with Crippen LogP contribution >= 0.6 is 34.7 Å². The molecule has 0 fully saturated rings. The van der Waals surface area contributed by atoms with Crippen molar-refractivity contribution in [2.75, 3.05) is 11.1 Å². The predicted molar refractivity (Wildman–Crippen MR) is 75.7 cm³/mol. The van der Waals surface area contributed by atoms with Crippen LogP contribution < -0.4 is 11.1 Å². The van der Waals surface area contributed by atoms with Gasteiger partial charge in [0.25, 0.3) is 5.91 Å². The number of aryl methyl sites for hydroxylation is 1. The minimum Gasteiger partial charge on any atom is -0.389 e. The molecule has 0 bridgehead atoms. The van der Waals surface area contributed by atoms with Crippen molar-refractivity contribution in [2.24, 2.45) is 0 Å². The second-order valence-electron chi connectivity index (χ2n) is 3.59. The first-order chi connectivity index (χ1) is 8.49. The smallest absolute Gasteiger partial charge is 0.260 e. The molecule has 18 heavy (non-hydrogen) atoms. The summed E-state index contributed by atoms with van der Waals surface area (Å²) in [6.45, 7) is 1.73. The molecule has 94 valence electrons. The van der Waals surface area contributed by atoms with Gasteiger partial charge in [-0.1, -0.05) is 23.2 Å². The predicted octanol–water partition coefficient (Wildman–Crippen LogP) is 3.59. The topological polar surface area (TPSA) is 68.0 Å². The van der Waals surface area contributed by atoms with Crippen LogP contribution in [0.2, 0.25) is 10.0 Å². The molecule has 0 saturated carbocycles. The Bertz CT molecular complexity index is 593. The second kappa shape index (κ2) is 5.14. The zero-order valence-electron chi connectivity index (χ0n) is 9.33. The van der Waals surface area contributed by atoms with Gasteiger partial charge < -0.3 is 11.1 Å². The van der Waals surface area contributed by atoms with Crippen molar-refractivity contribution < 1.29 is 4.79 Å². The zero-order chi connectivity index (χ0) is 13.3. The van der Waals surface area contributed by atoms with E-state index in [9.17, 15) is 4.79 Å². The fourth-order valence-corrected chi connectivity index (χ4v) is 2.39. The molecule has 0 radical (unpaired) electrons. The van der Waals surface area contributed by atoms with Gasteiger partial charge in [0, 0.05) is 5.69 Å². The molecule has 7 heteroatoms. The molecule has 1 amide bonds. The lowest BCUT2D eigenvalue weighted by atomic mass is 10.2. The summed E-state index contributed by atoms with van der Waals surface area (Å²) in [6.07, 6.45) is 0. The number of carbonyl (C=O) groups is 1. The van der Waals surface area contributed by atoms with Gasteiger partial charge in [0.05, 0.1) is 21.3 Å². The first kappa shape index (κ1) is 13.1. The second-order valence-corrected chi connectivity index (χ2v) is 5.21. The zero-order valence-corrected chi connectivity index (χ0v) is 11.7. The van der Waals surface area contributed by atoms with Crippen LogP contribution in [0.1, 0.15) is 16.1 Å². The Morgan fingerprint density at radius 1 is 1.39 bits per heavy atom. The third kappa shape index (κ3) is 2.58. The lowest BCUT2D eigenvalue weighted by molar-refractivity contribution is 0.102. The first-order valence-electron chi connectivity index (χ1n) is 4.97. The van der Waals surface area contributed by atoms with Gasteiger partial charge in [-0.25, -0.2) is 0 Å². The average Bonchev–Trinajstić information content (AvgIpc) is 2.64. The van der Waals surface area contributed by atoms with Crippen LogP contribution in [-0.4, -0.2) is 10.3 Å². The highest BCUT2D eigenvalue weighted by Gasteiger charge is 2.16. The van der Waals surface area contributed by atoms with Gasteiger partial charge in [-0.05, 0) is 36.7 Å². The Balaban J connectivity index is 2.24. The molecule has 0 aliphatic carbocycles. The summed E-state index contributed by atoms with van der Waals surface area (Å²) in [5, 5.41) is 3.90. The summed E-state index contributed by atoms with van der Waals surface area (Å²) in [5.74, 6) is -0.308. The molecule has 0 spiro atoms. The molecule has 1 aromatic carbocycles. The van der Waals surface area contributed by atoms with E-state index in [1.807, 2.05) is 0 Å². The van der Waals surface area contributed by atoms with Gasteiger partial charge in [0.15, 0.2) is 0 Å². The van der Waals surface area contributed by atoms with Gasteiger partial charge in [0.2, 0.25) is 0 Å². The summed E-state index contributed by atoms with van der Waals surface area (Å²) in [6, 6.07) is 4.85. The highest BCUT2D eigenvalue weighted by molar-refractivity contribution is 7.10. The number of hydrogen-bond acceptors (Lipinski definition) is 4. The third-order valence-corrected chi connectivity index (χ3v) is 3.80. The molecule has 2 aromatic rings. The normalized spacial score (nSPS) is 10.4. The highest BCUT2D eigenvalue weighted by Crippen LogP contribution is 2.26. The van der Waals surface area contributed by atoms with Gasteiger partial charge >= 0.3 is 0 Å². The van der Waals surface area contributed by atoms with Gasteiger partial charge in [-0.2, -0.15) is 4.37 Å². The van der Waals surface area contributed by atoms with Crippen LogP contribution in [-0.2, 0) is 0 Å². The van der Waals surface area contributed by atoms with E-state index < -0.39 is 0 Å². The summed E-state index contributed by atoms with van der Waals surface area (Å²) in [4.78, 5) is 12.0. The number of benzene rings is 1. The van der Waals surface area contributed by atoms with E-state index in [0.717, 1.165) is 11.5 Å². The number of rotatable bonds is 2. The largest absolute Gasteiger partial charge is 0.389 e. The maximum Gasteiger partial charge on any atom is 0.260 e. The van der Waals surface area contributed by atoms with Crippen LogP contribution in [0, 0.1) is 6.92 Å². The van der Waals surface area contributed by atoms with Gasteiger partial charge in [-0.15, -0.1) is 0 Å². The highest BCUT2D eigenvalue weighted by atomic mass is 35.5. The fraction of sp³-hybridized carbons (Fsp3) is 0.0909. The molecular formula is C11H9Cl2N3OS. The minimum atomic E-state index is -0.308. The van der Waals surface area contributed by atoms with Crippen molar-refractivity contribution in [3.63, 3.8) is 0 Å². The molecular weight excluding hydrogens is 293 g/mol. The van der Waals surface area contributed by atoms with Crippen LogP contribution in [0.25, 0.3) is 0 Å². The van der Waals surface area contributed by atoms with Crippen LogP contribution in [0.3, 0.4) is 0 Å². The number of nitrogen functional groups attached to an aromatic ring is 1. The average molecular weight is 302 g/mol. The van der Waals surface area contributed by atoms with Crippen LogP contribution in [0.15, 0.2) is 18.2 Å². The van der Waals surface area contributed by atoms with Gasteiger partial charge in [0.1, 0.15) is 5.00 Å². The van der Waals surface area contributed by atoms with Crippen molar-refractivity contribution >= 4 is 51.3 Å². The quantitative estimate of drug-likeness (QED) is 0.890. The Hall–Kier alpha value is -1.30. The van der Waals surface area contributed by atoms with Crippen molar-refractivity contribution in [3.8, 4) is 0 Å². The lowest BCUT2D eigenvalue weighted by Crippen LogP contribution is -2.13. The maximum absolute atomic E-state index is 12.0. The SMILES string of the molecule is Cc1nsc(N)c1C(=O)Nc1ccc(Cl)c(Cl)c1. The molecule has 0 atom stereocenters.